The summed E-state index contributed by atoms with van der Waals surface area (Å²) in [6.07, 6.45) is 2.06. The number of aromatic nitrogens is 1. The lowest BCUT2D eigenvalue weighted by molar-refractivity contribution is 1.09. The lowest BCUT2D eigenvalue weighted by Gasteiger charge is -2.00. The van der Waals surface area contributed by atoms with Gasteiger partial charge in [0.2, 0.25) is 5.13 Å². The zero-order valence-electron chi connectivity index (χ0n) is 12.0. The molecule has 1 N–H and O–H groups in total. The Hall–Kier alpha value is -2.46. The Balaban J connectivity index is 1.54. The Morgan fingerprint density at radius 3 is 2.68 bits per heavy atom. The van der Waals surface area contributed by atoms with E-state index in [-0.39, 0.29) is 0 Å². The van der Waals surface area contributed by atoms with Crippen LogP contribution in [0.15, 0.2) is 65.1 Å². The van der Waals surface area contributed by atoms with Crippen LogP contribution in [-0.4, -0.2) is 10.7 Å². The van der Waals surface area contributed by atoms with Crippen LogP contribution >= 0.6 is 11.3 Å². The van der Waals surface area contributed by atoms with Gasteiger partial charge in [0.15, 0.2) is 0 Å². The number of nitrogens with one attached hydrogen (secondary N) is 1. The van der Waals surface area contributed by atoms with E-state index < -0.39 is 0 Å². The van der Waals surface area contributed by atoms with Crippen molar-refractivity contribution >= 4 is 22.2 Å². The van der Waals surface area contributed by atoms with E-state index in [0.29, 0.717) is 0 Å². The maximum absolute atomic E-state index is 4.60. The van der Waals surface area contributed by atoms with E-state index in [1.165, 1.54) is 11.1 Å². The van der Waals surface area contributed by atoms with Gasteiger partial charge < -0.3 is 0 Å². The molecule has 4 heteroatoms. The standard InChI is InChI=1S/C18H15N3S/c1-2-7-14(8-3-1)17-12-22-18(19-17)21-20-16-11-10-13-6-4-5-9-15(13)16/h1-9,12H,10-11H2,(H,19,21)/b20-16+. The first-order valence-corrected chi connectivity index (χ1v) is 8.20. The number of anilines is 1. The maximum atomic E-state index is 4.60. The molecular weight excluding hydrogens is 290 g/mol. The zero-order chi connectivity index (χ0) is 14.8. The molecule has 2 aromatic carbocycles. The zero-order valence-corrected chi connectivity index (χ0v) is 12.8. The van der Waals surface area contributed by atoms with Crippen molar-refractivity contribution < 1.29 is 0 Å². The lowest BCUT2D eigenvalue weighted by Crippen LogP contribution is -1.99. The van der Waals surface area contributed by atoms with Gasteiger partial charge in [-0.15, -0.1) is 11.3 Å². The molecule has 1 aliphatic rings. The normalized spacial score (nSPS) is 15.0. The number of rotatable bonds is 3. The summed E-state index contributed by atoms with van der Waals surface area (Å²) in [6.45, 7) is 0. The molecule has 0 aliphatic heterocycles. The van der Waals surface area contributed by atoms with Gasteiger partial charge in [0.05, 0.1) is 11.4 Å². The SMILES string of the molecule is c1ccc(-c2csc(N/N=C3\CCc4ccccc43)n2)cc1. The third kappa shape index (κ3) is 2.53. The van der Waals surface area contributed by atoms with Gasteiger partial charge in [-0.2, -0.15) is 5.10 Å². The van der Waals surface area contributed by atoms with Crippen LogP contribution < -0.4 is 5.43 Å². The summed E-state index contributed by atoms with van der Waals surface area (Å²) in [4.78, 5) is 4.60. The van der Waals surface area contributed by atoms with Crippen molar-refractivity contribution in [1.82, 2.24) is 4.98 Å². The Kier molecular flexibility index (Phi) is 3.45. The van der Waals surface area contributed by atoms with Crippen molar-refractivity contribution in [2.75, 3.05) is 5.43 Å². The van der Waals surface area contributed by atoms with E-state index in [4.69, 9.17) is 0 Å². The Bertz CT molecular complexity index is 821. The molecule has 0 bridgehead atoms. The molecule has 0 saturated carbocycles. The number of aryl methyl sites for hydroxylation is 1. The lowest BCUT2D eigenvalue weighted by atomic mass is 10.1. The third-order valence-corrected chi connectivity index (χ3v) is 4.57. The van der Waals surface area contributed by atoms with Crippen molar-refractivity contribution in [3.63, 3.8) is 0 Å². The highest BCUT2D eigenvalue weighted by Crippen LogP contribution is 2.26. The number of thiazole rings is 1. The number of hydrogen-bond acceptors (Lipinski definition) is 4. The number of nitrogens with zero attached hydrogens (tertiary/aromatic N) is 2. The Labute approximate surface area is 133 Å². The van der Waals surface area contributed by atoms with Crippen LogP contribution in [0, 0.1) is 0 Å². The number of hydrogen-bond donors (Lipinski definition) is 1. The molecule has 0 amide bonds. The molecule has 3 nitrogen and oxygen atoms in total. The Morgan fingerprint density at radius 2 is 1.77 bits per heavy atom. The van der Waals surface area contributed by atoms with Crippen LogP contribution in [0.3, 0.4) is 0 Å². The molecule has 22 heavy (non-hydrogen) atoms. The first-order chi connectivity index (χ1) is 10.9. The quantitative estimate of drug-likeness (QED) is 0.720. The van der Waals surface area contributed by atoms with Crippen LogP contribution in [0.1, 0.15) is 17.5 Å². The van der Waals surface area contributed by atoms with E-state index in [1.54, 1.807) is 11.3 Å². The predicted octanol–water partition coefficient (Wildman–Crippen LogP) is 4.57. The van der Waals surface area contributed by atoms with Crippen molar-refractivity contribution in [3.8, 4) is 11.3 Å². The van der Waals surface area contributed by atoms with E-state index >= 15 is 0 Å². The second-order valence-corrected chi connectivity index (χ2v) is 6.09. The van der Waals surface area contributed by atoms with E-state index in [1.807, 2.05) is 18.2 Å². The van der Waals surface area contributed by atoms with Crippen molar-refractivity contribution in [3.05, 3.63) is 71.1 Å². The van der Waals surface area contributed by atoms with Crippen LogP contribution in [0.5, 0.6) is 0 Å². The summed E-state index contributed by atoms with van der Waals surface area (Å²) in [6, 6.07) is 18.7. The molecule has 0 radical (unpaired) electrons. The predicted molar refractivity (Wildman–Crippen MR) is 92.5 cm³/mol. The molecule has 0 atom stereocenters. The highest BCUT2D eigenvalue weighted by atomic mass is 32.1. The van der Waals surface area contributed by atoms with Crippen molar-refractivity contribution in [2.24, 2.45) is 5.10 Å². The van der Waals surface area contributed by atoms with Crippen molar-refractivity contribution in [2.45, 2.75) is 12.8 Å². The first kappa shape index (κ1) is 13.2. The fourth-order valence-electron chi connectivity index (χ4n) is 2.71. The van der Waals surface area contributed by atoms with Gasteiger partial charge >= 0.3 is 0 Å². The van der Waals surface area contributed by atoms with Crippen LogP contribution in [0.25, 0.3) is 11.3 Å². The molecule has 0 saturated heterocycles. The largest absolute Gasteiger partial charge is 0.252 e. The van der Waals surface area contributed by atoms with Gasteiger partial charge in [-0.3, -0.25) is 5.43 Å². The molecule has 4 rings (SSSR count). The fraction of sp³-hybridized carbons (Fsp3) is 0.111. The molecule has 1 heterocycles. The summed E-state index contributed by atoms with van der Waals surface area (Å²) in [5, 5.41) is 7.44. The van der Waals surface area contributed by atoms with Gasteiger partial charge in [0, 0.05) is 16.5 Å². The highest BCUT2D eigenvalue weighted by Gasteiger charge is 2.16. The summed E-state index contributed by atoms with van der Waals surface area (Å²) in [5.41, 5.74) is 8.99. The number of benzene rings is 2. The summed E-state index contributed by atoms with van der Waals surface area (Å²) >= 11 is 1.58. The highest BCUT2D eigenvalue weighted by molar-refractivity contribution is 7.14. The van der Waals surface area contributed by atoms with E-state index in [9.17, 15) is 0 Å². The van der Waals surface area contributed by atoms with Gasteiger partial charge in [-0.25, -0.2) is 4.98 Å². The van der Waals surface area contributed by atoms with Crippen LogP contribution in [0.4, 0.5) is 5.13 Å². The molecular formula is C18H15N3S. The second kappa shape index (κ2) is 5.73. The topological polar surface area (TPSA) is 37.3 Å². The van der Waals surface area contributed by atoms with E-state index in [0.717, 1.165) is 34.9 Å². The van der Waals surface area contributed by atoms with Crippen LogP contribution in [-0.2, 0) is 6.42 Å². The summed E-state index contributed by atoms with van der Waals surface area (Å²) in [5.74, 6) is 0. The minimum absolute atomic E-state index is 0.829. The number of hydrazone groups is 1. The summed E-state index contributed by atoms with van der Waals surface area (Å²) in [7, 11) is 0. The maximum Gasteiger partial charge on any atom is 0.203 e. The third-order valence-electron chi connectivity index (χ3n) is 3.82. The minimum Gasteiger partial charge on any atom is -0.252 e. The monoisotopic (exact) mass is 305 g/mol. The fourth-order valence-corrected chi connectivity index (χ4v) is 3.37. The molecule has 108 valence electrons. The molecule has 0 unspecified atom stereocenters. The molecule has 0 spiro atoms. The summed E-state index contributed by atoms with van der Waals surface area (Å²) < 4.78 is 0. The second-order valence-electron chi connectivity index (χ2n) is 5.23. The molecule has 0 fully saturated rings. The van der Waals surface area contributed by atoms with Crippen molar-refractivity contribution in [1.29, 1.82) is 0 Å². The van der Waals surface area contributed by atoms with Gasteiger partial charge in [-0.1, -0.05) is 54.6 Å². The van der Waals surface area contributed by atoms with Crippen LogP contribution in [0.2, 0.25) is 0 Å². The first-order valence-electron chi connectivity index (χ1n) is 7.32. The van der Waals surface area contributed by atoms with Gasteiger partial charge in [0.1, 0.15) is 0 Å². The Morgan fingerprint density at radius 1 is 0.955 bits per heavy atom. The number of fused-ring (bicyclic) bond motifs is 1. The minimum atomic E-state index is 0.829. The van der Waals surface area contributed by atoms with Gasteiger partial charge in [0.25, 0.3) is 0 Å². The molecule has 1 aliphatic carbocycles. The smallest absolute Gasteiger partial charge is 0.203 e. The molecule has 1 aromatic heterocycles. The average molecular weight is 305 g/mol. The average Bonchev–Trinajstić information content (AvgIpc) is 3.21. The van der Waals surface area contributed by atoms with Gasteiger partial charge in [-0.05, 0) is 18.4 Å². The molecule has 3 aromatic rings. The van der Waals surface area contributed by atoms with E-state index in [2.05, 4.69) is 57.3 Å².